The summed E-state index contributed by atoms with van der Waals surface area (Å²) in [6, 6.07) is 24.0. The molecule has 1 amide bonds. The molecule has 0 fully saturated rings. The number of benzene rings is 3. The van der Waals surface area contributed by atoms with Gasteiger partial charge in [0.1, 0.15) is 11.5 Å². The zero-order valence-electron chi connectivity index (χ0n) is 16.6. The van der Waals surface area contributed by atoms with Crippen LogP contribution in [0.2, 0.25) is 0 Å². The van der Waals surface area contributed by atoms with E-state index in [4.69, 9.17) is 9.26 Å². The van der Waals surface area contributed by atoms with Gasteiger partial charge in [0.2, 0.25) is 11.6 Å². The molecule has 0 bridgehead atoms. The summed E-state index contributed by atoms with van der Waals surface area (Å²) >= 11 is 1.07. The molecule has 4 rings (SSSR count). The van der Waals surface area contributed by atoms with Gasteiger partial charge in [0.05, 0.1) is 11.0 Å². The maximum atomic E-state index is 12.4. The number of aryl methyl sites for hydroxylation is 1. The van der Waals surface area contributed by atoms with E-state index in [1.54, 1.807) is 24.3 Å². The number of thioether (sulfide) groups is 1. The largest absolute Gasteiger partial charge is 0.538 e. The third-order valence-corrected chi connectivity index (χ3v) is 5.33. The minimum absolute atomic E-state index is 0.0323. The van der Waals surface area contributed by atoms with E-state index in [0.29, 0.717) is 17.1 Å². The highest BCUT2D eigenvalue weighted by atomic mass is 32.2. The molecular formula is C23H19N3O4S. The van der Waals surface area contributed by atoms with Crippen LogP contribution in [0.5, 0.6) is 17.4 Å². The van der Waals surface area contributed by atoms with Gasteiger partial charge in [0, 0.05) is 17.8 Å². The predicted molar refractivity (Wildman–Crippen MR) is 115 cm³/mol. The molecule has 4 aromatic rings. The molecule has 0 saturated heterocycles. The summed E-state index contributed by atoms with van der Waals surface area (Å²) in [5.41, 5.74) is 2.41. The van der Waals surface area contributed by atoms with Crippen LogP contribution < -0.4 is 19.8 Å². The monoisotopic (exact) mass is 433 g/mol. The molecule has 1 N–H and O–H groups in total. The van der Waals surface area contributed by atoms with Crippen molar-refractivity contribution in [3.05, 3.63) is 84.4 Å². The lowest BCUT2D eigenvalue weighted by Crippen LogP contribution is -2.35. The van der Waals surface area contributed by atoms with E-state index in [-0.39, 0.29) is 16.7 Å². The van der Waals surface area contributed by atoms with Crippen LogP contribution in [0.1, 0.15) is 5.56 Å². The van der Waals surface area contributed by atoms with Crippen molar-refractivity contribution in [2.24, 2.45) is 0 Å². The van der Waals surface area contributed by atoms with Crippen LogP contribution in [0.4, 0.5) is 5.69 Å². The van der Waals surface area contributed by atoms with Gasteiger partial charge in [-0.15, -0.1) is 0 Å². The van der Waals surface area contributed by atoms with Gasteiger partial charge in [-0.2, -0.15) is 0 Å². The van der Waals surface area contributed by atoms with Gasteiger partial charge < -0.3 is 19.7 Å². The Morgan fingerprint density at radius 2 is 1.71 bits per heavy atom. The second kappa shape index (κ2) is 9.36. The molecule has 156 valence electrons. The van der Waals surface area contributed by atoms with Crippen molar-refractivity contribution >= 4 is 23.4 Å². The van der Waals surface area contributed by atoms with Gasteiger partial charge in [-0.25, -0.2) is 0 Å². The maximum absolute atomic E-state index is 12.4. The van der Waals surface area contributed by atoms with Gasteiger partial charge in [-0.05, 0) is 59.8 Å². The van der Waals surface area contributed by atoms with Crippen LogP contribution in [-0.4, -0.2) is 16.9 Å². The SMILES string of the molecule is Cc1ccc(-[n+]2noc([O-])c2SCC(=O)Nc2ccc(Oc3ccccc3)cc2)cc1. The number of nitrogens with one attached hydrogen (secondary N) is 1. The highest BCUT2D eigenvalue weighted by molar-refractivity contribution is 7.99. The Balaban J connectivity index is 1.36. The summed E-state index contributed by atoms with van der Waals surface area (Å²) in [6.07, 6.45) is 0. The second-order valence-electron chi connectivity index (χ2n) is 6.69. The van der Waals surface area contributed by atoms with Crippen molar-refractivity contribution in [3.8, 4) is 23.1 Å². The number of hydrogen-bond donors (Lipinski definition) is 1. The Morgan fingerprint density at radius 3 is 2.42 bits per heavy atom. The normalized spacial score (nSPS) is 10.6. The number of ether oxygens (including phenoxy) is 1. The molecule has 0 saturated carbocycles. The van der Waals surface area contributed by atoms with Crippen LogP contribution in [-0.2, 0) is 4.79 Å². The lowest BCUT2D eigenvalue weighted by atomic mass is 10.2. The van der Waals surface area contributed by atoms with E-state index in [1.807, 2.05) is 61.5 Å². The molecule has 3 aromatic carbocycles. The lowest BCUT2D eigenvalue weighted by molar-refractivity contribution is -0.705. The molecule has 0 aliphatic heterocycles. The standard InChI is InChI=1S/C23H19N3O4S/c1-16-7-11-18(12-8-16)26-22(23(28)30-25-26)31-15-21(27)24-17-9-13-20(14-10-17)29-19-5-3-2-4-6-19/h2-14H,15H2,1H3,(H-,24,25,27,28). The summed E-state index contributed by atoms with van der Waals surface area (Å²) in [4.78, 5) is 12.4. The molecule has 0 atom stereocenters. The Hall–Kier alpha value is -3.78. The number of carbonyl (C=O) groups is 1. The van der Waals surface area contributed by atoms with E-state index in [9.17, 15) is 9.90 Å². The van der Waals surface area contributed by atoms with Crippen LogP contribution in [0.25, 0.3) is 5.69 Å². The molecule has 0 aliphatic carbocycles. The number of hydrogen-bond acceptors (Lipinski definition) is 6. The number of aromatic nitrogens is 2. The average Bonchev–Trinajstić information content (AvgIpc) is 3.15. The Morgan fingerprint density at radius 1 is 1.03 bits per heavy atom. The Bertz CT molecular complexity index is 1160. The molecular weight excluding hydrogens is 414 g/mol. The van der Waals surface area contributed by atoms with E-state index < -0.39 is 5.95 Å². The van der Waals surface area contributed by atoms with Crippen molar-refractivity contribution in [1.29, 1.82) is 0 Å². The number of amides is 1. The predicted octanol–water partition coefficient (Wildman–Crippen LogP) is 3.86. The molecule has 0 unspecified atom stereocenters. The fourth-order valence-corrected chi connectivity index (χ4v) is 3.53. The van der Waals surface area contributed by atoms with Gasteiger partial charge >= 0.3 is 0 Å². The van der Waals surface area contributed by atoms with Crippen LogP contribution >= 0.6 is 11.8 Å². The smallest absolute Gasteiger partial charge is 0.298 e. The van der Waals surface area contributed by atoms with Gasteiger partial charge in [-0.3, -0.25) is 4.79 Å². The molecule has 0 radical (unpaired) electrons. The number of carbonyl (C=O) groups excluding carboxylic acids is 1. The highest BCUT2D eigenvalue weighted by Crippen LogP contribution is 2.25. The second-order valence-corrected chi connectivity index (χ2v) is 7.65. The first kappa shape index (κ1) is 20.5. The van der Waals surface area contributed by atoms with E-state index in [1.165, 1.54) is 4.68 Å². The van der Waals surface area contributed by atoms with Gasteiger partial charge in [0.25, 0.3) is 5.03 Å². The first-order valence-corrected chi connectivity index (χ1v) is 10.5. The van der Waals surface area contributed by atoms with Crippen LogP contribution in [0, 0.1) is 6.92 Å². The summed E-state index contributed by atoms with van der Waals surface area (Å²) in [5.74, 6) is 0.598. The zero-order valence-corrected chi connectivity index (χ0v) is 17.5. The maximum Gasteiger partial charge on any atom is 0.298 e. The third kappa shape index (κ3) is 5.23. The van der Waals surface area contributed by atoms with Gasteiger partial charge in [-0.1, -0.05) is 35.9 Å². The summed E-state index contributed by atoms with van der Waals surface area (Å²) in [5, 5.41) is 18.9. The third-order valence-electron chi connectivity index (χ3n) is 4.31. The minimum atomic E-state index is -0.583. The molecule has 0 spiro atoms. The number of para-hydroxylation sites is 1. The molecule has 1 aromatic heterocycles. The van der Waals surface area contributed by atoms with Crippen LogP contribution in [0.3, 0.4) is 0 Å². The number of nitrogens with zero attached hydrogens (tertiary/aromatic N) is 2. The van der Waals surface area contributed by atoms with Crippen molar-refractivity contribution in [2.45, 2.75) is 11.9 Å². The average molecular weight is 433 g/mol. The lowest BCUT2D eigenvalue weighted by Gasteiger charge is -2.07. The molecule has 1 heterocycles. The Kier molecular flexibility index (Phi) is 6.18. The zero-order chi connectivity index (χ0) is 21.6. The highest BCUT2D eigenvalue weighted by Gasteiger charge is 2.22. The van der Waals surface area contributed by atoms with E-state index in [0.717, 1.165) is 23.1 Å². The molecule has 8 heteroatoms. The fraction of sp³-hybridized carbons (Fsp3) is 0.0870. The van der Waals surface area contributed by atoms with E-state index >= 15 is 0 Å². The Labute approximate surface area is 183 Å². The minimum Gasteiger partial charge on any atom is -0.538 e. The van der Waals surface area contributed by atoms with Crippen LogP contribution in [0.15, 0.2) is 88.4 Å². The number of rotatable bonds is 7. The van der Waals surface area contributed by atoms with E-state index in [2.05, 4.69) is 10.6 Å². The quantitative estimate of drug-likeness (QED) is 0.352. The molecule has 0 aliphatic rings. The van der Waals surface area contributed by atoms with Crippen molar-refractivity contribution in [3.63, 3.8) is 0 Å². The number of anilines is 1. The van der Waals surface area contributed by atoms with Crippen molar-refractivity contribution < 1.29 is 23.8 Å². The van der Waals surface area contributed by atoms with Gasteiger partial charge in [0.15, 0.2) is 5.95 Å². The fourth-order valence-electron chi connectivity index (χ4n) is 2.77. The summed E-state index contributed by atoms with van der Waals surface area (Å²) in [7, 11) is 0. The topological polar surface area (TPSA) is 91.3 Å². The van der Waals surface area contributed by atoms with Crippen molar-refractivity contribution in [1.82, 2.24) is 5.27 Å². The molecule has 7 nitrogen and oxygen atoms in total. The summed E-state index contributed by atoms with van der Waals surface area (Å²) < 4.78 is 11.9. The molecule has 31 heavy (non-hydrogen) atoms. The first-order valence-electron chi connectivity index (χ1n) is 9.50. The first-order chi connectivity index (χ1) is 15.1. The summed E-state index contributed by atoms with van der Waals surface area (Å²) in [6.45, 7) is 1.97. The van der Waals surface area contributed by atoms with Crippen molar-refractivity contribution in [2.75, 3.05) is 11.1 Å².